The van der Waals surface area contributed by atoms with Gasteiger partial charge in [0.25, 0.3) is 0 Å². The van der Waals surface area contributed by atoms with Gasteiger partial charge in [-0.05, 0) is 55.8 Å². The lowest BCUT2D eigenvalue weighted by atomic mass is 10.2. The van der Waals surface area contributed by atoms with Crippen LogP contribution in [0.5, 0.6) is 5.75 Å². The zero-order chi connectivity index (χ0) is 21.5. The lowest BCUT2D eigenvalue weighted by Crippen LogP contribution is -2.28. The highest BCUT2D eigenvalue weighted by molar-refractivity contribution is 5.82. The van der Waals surface area contributed by atoms with E-state index in [-0.39, 0.29) is 35.9 Å². The molecule has 0 spiro atoms. The van der Waals surface area contributed by atoms with Crippen molar-refractivity contribution in [1.82, 2.24) is 5.32 Å². The maximum absolute atomic E-state index is 13.3. The Morgan fingerprint density at radius 3 is 2.80 bits per heavy atom. The molecule has 1 amide bonds. The molecule has 0 bridgehead atoms. The number of halogens is 4. The molecule has 1 fully saturated rings. The van der Waals surface area contributed by atoms with Crippen molar-refractivity contribution in [1.29, 1.82) is 0 Å². The van der Waals surface area contributed by atoms with Crippen LogP contribution in [0.15, 0.2) is 52.9 Å². The van der Waals surface area contributed by atoms with E-state index in [9.17, 15) is 22.4 Å². The number of hydrogen-bond donors (Lipinski definition) is 1. The minimum atomic E-state index is -4.43. The Morgan fingerprint density at radius 2 is 2.03 bits per heavy atom. The fraction of sp³-hybridized carbons (Fsp3) is 0.318. The van der Waals surface area contributed by atoms with Crippen molar-refractivity contribution < 1.29 is 31.5 Å². The molecule has 4 nitrogen and oxygen atoms in total. The number of rotatable bonds is 6. The SMILES string of the molecule is CC(NC(=O)[C@H]1C[C@@H]1COc1cccc(C(F)(F)F)c1)c1cc2cc(F)ccc2o1. The molecule has 30 heavy (non-hydrogen) atoms. The number of benzene rings is 2. The molecule has 1 saturated carbocycles. The Labute approximate surface area is 169 Å². The Kier molecular flexibility index (Phi) is 5.17. The number of amides is 1. The fourth-order valence-electron chi connectivity index (χ4n) is 3.36. The van der Waals surface area contributed by atoms with Crippen LogP contribution in [0.2, 0.25) is 0 Å². The van der Waals surface area contributed by atoms with Gasteiger partial charge in [-0.15, -0.1) is 0 Å². The zero-order valence-corrected chi connectivity index (χ0v) is 16.0. The van der Waals surface area contributed by atoms with E-state index in [1.807, 2.05) is 0 Å². The summed E-state index contributed by atoms with van der Waals surface area (Å²) in [7, 11) is 0. The lowest BCUT2D eigenvalue weighted by molar-refractivity contribution is -0.137. The molecule has 0 aliphatic heterocycles. The second kappa shape index (κ2) is 7.66. The van der Waals surface area contributed by atoms with Gasteiger partial charge in [-0.3, -0.25) is 4.79 Å². The summed E-state index contributed by atoms with van der Waals surface area (Å²) in [5.41, 5.74) is -0.240. The number of fused-ring (bicyclic) bond motifs is 1. The molecule has 3 aromatic rings. The first-order valence-electron chi connectivity index (χ1n) is 9.50. The lowest BCUT2D eigenvalue weighted by Gasteiger charge is -2.12. The third-order valence-electron chi connectivity index (χ3n) is 5.17. The van der Waals surface area contributed by atoms with Crippen LogP contribution in [-0.2, 0) is 11.0 Å². The highest BCUT2D eigenvalue weighted by Gasteiger charge is 2.44. The van der Waals surface area contributed by atoms with Gasteiger partial charge in [-0.2, -0.15) is 13.2 Å². The molecule has 1 N–H and O–H groups in total. The number of hydrogen-bond acceptors (Lipinski definition) is 3. The van der Waals surface area contributed by atoms with Gasteiger partial charge in [0.2, 0.25) is 5.91 Å². The number of furan rings is 1. The van der Waals surface area contributed by atoms with E-state index in [0.29, 0.717) is 23.2 Å². The van der Waals surface area contributed by atoms with Crippen LogP contribution in [0.1, 0.15) is 30.7 Å². The highest BCUT2D eigenvalue weighted by atomic mass is 19.4. The summed E-state index contributed by atoms with van der Waals surface area (Å²) in [5.74, 6) is -0.225. The van der Waals surface area contributed by atoms with Crippen LogP contribution in [0.25, 0.3) is 11.0 Å². The maximum Gasteiger partial charge on any atom is 0.416 e. The van der Waals surface area contributed by atoms with Gasteiger partial charge < -0.3 is 14.5 Å². The molecule has 0 saturated heterocycles. The predicted molar refractivity (Wildman–Crippen MR) is 101 cm³/mol. The standard InChI is InChI=1S/C22H19F4NO3/c1-12(20-9-13-7-16(23)5-6-19(13)30-20)27-21(28)18-8-14(18)11-29-17-4-2-3-15(10-17)22(24,25)26/h2-7,9-10,12,14,18H,8,11H2,1H3,(H,27,28)/t12?,14-,18+/m1/s1. The number of carbonyl (C=O) groups excluding carboxylic acids is 1. The third-order valence-corrected chi connectivity index (χ3v) is 5.17. The number of nitrogens with one attached hydrogen (secondary N) is 1. The van der Waals surface area contributed by atoms with Crippen LogP contribution >= 0.6 is 0 Å². The van der Waals surface area contributed by atoms with Crippen LogP contribution < -0.4 is 10.1 Å². The van der Waals surface area contributed by atoms with E-state index in [1.165, 1.54) is 30.3 Å². The third kappa shape index (κ3) is 4.42. The van der Waals surface area contributed by atoms with Crippen LogP contribution in [0.3, 0.4) is 0 Å². The first kappa shape index (κ1) is 20.3. The fourth-order valence-corrected chi connectivity index (χ4v) is 3.36. The Morgan fingerprint density at radius 1 is 1.23 bits per heavy atom. The van der Waals surface area contributed by atoms with Crippen molar-refractivity contribution in [3.8, 4) is 5.75 Å². The molecule has 2 aromatic carbocycles. The van der Waals surface area contributed by atoms with E-state index in [4.69, 9.17) is 9.15 Å². The monoisotopic (exact) mass is 421 g/mol. The Balaban J connectivity index is 1.30. The number of alkyl halides is 3. The first-order chi connectivity index (χ1) is 14.2. The second-order valence-electron chi connectivity index (χ2n) is 7.50. The van der Waals surface area contributed by atoms with E-state index < -0.39 is 17.8 Å². The molecule has 3 atom stereocenters. The van der Waals surface area contributed by atoms with Crippen LogP contribution in [0, 0.1) is 17.7 Å². The molecule has 1 aliphatic rings. The van der Waals surface area contributed by atoms with Gasteiger partial charge in [-0.25, -0.2) is 4.39 Å². The van der Waals surface area contributed by atoms with Crippen molar-refractivity contribution in [2.75, 3.05) is 6.61 Å². The quantitative estimate of drug-likeness (QED) is 0.536. The van der Waals surface area contributed by atoms with Gasteiger partial charge in [0.15, 0.2) is 0 Å². The minimum absolute atomic E-state index is 0.0588. The summed E-state index contributed by atoms with van der Waals surface area (Å²) >= 11 is 0. The van der Waals surface area contributed by atoms with Gasteiger partial charge in [0.1, 0.15) is 22.9 Å². The summed E-state index contributed by atoms with van der Waals surface area (Å²) < 4.78 is 62.7. The van der Waals surface area contributed by atoms with Gasteiger partial charge >= 0.3 is 6.18 Å². The summed E-state index contributed by atoms with van der Waals surface area (Å²) in [6.45, 7) is 1.93. The van der Waals surface area contributed by atoms with Crippen molar-refractivity contribution in [3.63, 3.8) is 0 Å². The van der Waals surface area contributed by atoms with Gasteiger partial charge in [-0.1, -0.05) is 6.07 Å². The van der Waals surface area contributed by atoms with Crippen molar-refractivity contribution >= 4 is 16.9 Å². The van der Waals surface area contributed by atoms with Crippen molar-refractivity contribution in [2.24, 2.45) is 11.8 Å². The largest absolute Gasteiger partial charge is 0.493 e. The number of carbonyl (C=O) groups is 1. The van der Waals surface area contributed by atoms with Gasteiger partial charge in [0, 0.05) is 17.2 Å². The summed E-state index contributed by atoms with van der Waals surface area (Å²) in [6, 6.07) is 10.2. The van der Waals surface area contributed by atoms with Crippen molar-refractivity contribution in [3.05, 3.63) is 65.7 Å². The topological polar surface area (TPSA) is 51.5 Å². The first-order valence-corrected chi connectivity index (χ1v) is 9.50. The average Bonchev–Trinajstić information content (AvgIpc) is 3.35. The van der Waals surface area contributed by atoms with E-state index in [0.717, 1.165) is 12.1 Å². The summed E-state index contributed by atoms with van der Waals surface area (Å²) in [4.78, 5) is 12.4. The van der Waals surface area contributed by atoms with Crippen molar-refractivity contribution in [2.45, 2.75) is 25.6 Å². The smallest absolute Gasteiger partial charge is 0.416 e. The molecule has 158 valence electrons. The van der Waals surface area contributed by atoms with E-state index in [2.05, 4.69) is 5.32 Å². The molecular formula is C22H19F4NO3. The molecular weight excluding hydrogens is 402 g/mol. The molecule has 1 aromatic heterocycles. The molecule has 1 unspecified atom stereocenters. The zero-order valence-electron chi connectivity index (χ0n) is 16.0. The van der Waals surface area contributed by atoms with Crippen LogP contribution in [-0.4, -0.2) is 12.5 Å². The van der Waals surface area contributed by atoms with Gasteiger partial charge in [0.05, 0.1) is 18.2 Å². The Bertz CT molecular complexity index is 1080. The second-order valence-corrected chi connectivity index (χ2v) is 7.50. The van der Waals surface area contributed by atoms with E-state index >= 15 is 0 Å². The average molecular weight is 421 g/mol. The Hall–Kier alpha value is -3.03. The van der Waals surface area contributed by atoms with E-state index in [1.54, 1.807) is 13.0 Å². The summed E-state index contributed by atoms with van der Waals surface area (Å²) in [6.07, 6.45) is -3.83. The normalized spacial score (nSPS) is 19.5. The minimum Gasteiger partial charge on any atom is -0.493 e. The van der Waals surface area contributed by atoms with Crippen LogP contribution in [0.4, 0.5) is 17.6 Å². The molecule has 8 heteroatoms. The molecule has 1 aliphatic carbocycles. The molecule has 4 rings (SSSR count). The molecule has 1 heterocycles. The highest BCUT2D eigenvalue weighted by Crippen LogP contribution is 2.40. The summed E-state index contributed by atoms with van der Waals surface area (Å²) in [5, 5.41) is 3.48. The number of ether oxygens (including phenoxy) is 1. The molecule has 0 radical (unpaired) electrons. The maximum atomic E-state index is 13.3. The predicted octanol–water partition coefficient (Wildman–Crippen LogP) is 5.48.